The summed E-state index contributed by atoms with van der Waals surface area (Å²) in [6.07, 6.45) is 0.620. The van der Waals surface area contributed by atoms with E-state index in [-0.39, 0.29) is 12.3 Å². The maximum absolute atomic E-state index is 11.3. The van der Waals surface area contributed by atoms with Gasteiger partial charge in [-0.05, 0) is 13.8 Å². The number of carbonyl (C=O) groups is 2. The first kappa shape index (κ1) is 10.4. The van der Waals surface area contributed by atoms with Crippen molar-refractivity contribution in [3.05, 3.63) is 17.0 Å². The van der Waals surface area contributed by atoms with Crippen molar-refractivity contribution in [2.45, 2.75) is 13.8 Å². The van der Waals surface area contributed by atoms with Crippen molar-refractivity contribution >= 4 is 12.3 Å². The fourth-order valence-corrected chi connectivity index (χ4v) is 1.12. The maximum atomic E-state index is 11.3. The van der Waals surface area contributed by atoms with Crippen LogP contribution >= 0.6 is 0 Å². The summed E-state index contributed by atoms with van der Waals surface area (Å²) in [6, 6.07) is 0. The summed E-state index contributed by atoms with van der Waals surface area (Å²) in [7, 11) is 1.67. The molecule has 0 unspecified atom stereocenters. The van der Waals surface area contributed by atoms with Gasteiger partial charge in [-0.3, -0.25) is 9.48 Å². The first-order valence-corrected chi connectivity index (χ1v) is 4.27. The first-order chi connectivity index (χ1) is 6.61. The molecule has 0 fully saturated rings. The molecule has 14 heavy (non-hydrogen) atoms. The topological polar surface area (TPSA) is 61.2 Å². The second kappa shape index (κ2) is 4.04. The molecule has 0 saturated carbocycles. The zero-order valence-electron chi connectivity index (χ0n) is 8.40. The second-order valence-corrected chi connectivity index (χ2v) is 2.81. The molecule has 5 heteroatoms. The average Bonchev–Trinajstić information content (AvgIpc) is 2.44. The standard InChI is InChI=1S/C9H12N2O3/c1-4-14-9(13)8-7(5-12)6(2)11(3)10-8/h5H,4H2,1-3H3. The number of hydrogen-bond donors (Lipinski definition) is 0. The molecule has 0 N–H and O–H groups in total. The molecule has 0 radical (unpaired) electrons. The van der Waals surface area contributed by atoms with Gasteiger partial charge in [-0.1, -0.05) is 0 Å². The number of aryl methyl sites for hydroxylation is 1. The van der Waals surface area contributed by atoms with Crippen LogP contribution in [0.2, 0.25) is 0 Å². The molecule has 1 aromatic rings. The van der Waals surface area contributed by atoms with Crippen molar-refractivity contribution in [1.29, 1.82) is 0 Å². The van der Waals surface area contributed by atoms with Crippen molar-refractivity contribution in [1.82, 2.24) is 9.78 Å². The Hall–Kier alpha value is -1.65. The van der Waals surface area contributed by atoms with Gasteiger partial charge in [0, 0.05) is 12.7 Å². The molecule has 1 heterocycles. The fraction of sp³-hybridized carbons (Fsp3) is 0.444. The van der Waals surface area contributed by atoms with Crippen LogP contribution in [0.3, 0.4) is 0 Å². The van der Waals surface area contributed by atoms with Crippen molar-refractivity contribution in [3.63, 3.8) is 0 Å². The van der Waals surface area contributed by atoms with Gasteiger partial charge < -0.3 is 4.74 Å². The van der Waals surface area contributed by atoms with Crippen molar-refractivity contribution < 1.29 is 14.3 Å². The van der Waals surface area contributed by atoms with Crippen LogP contribution in [0, 0.1) is 6.92 Å². The van der Waals surface area contributed by atoms with E-state index in [0.717, 1.165) is 0 Å². The van der Waals surface area contributed by atoms with Crippen LogP contribution < -0.4 is 0 Å². The molecule has 0 aliphatic carbocycles. The quantitative estimate of drug-likeness (QED) is 0.528. The van der Waals surface area contributed by atoms with E-state index >= 15 is 0 Å². The molecule has 1 aromatic heterocycles. The van der Waals surface area contributed by atoms with E-state index in [0.29, 0.717) is 17.5 Å². The van der Waals surface area contributed by atoms with Gasteiger partial charge in [0.05, 0.1) is 12.2 Å². The summed E-state index contributed by atoms with van der Waals surface area (Å²) in [5.74, 6) is -0.557. The van der Waals surface area contributed by atoms with E-state index in [1.54, 1.807) is 20.9 Å². The highest BCUT2D eigenvalue weighted by Crippen LogP contribution is 2.11. The zero-order chi connectivity index (χ0) is 10.7. The highest BCUT2D eigenvalue weighted by atomic mass is 16.5. The minimum Gasteiger partial charge on any atom is -0.461 e. The Morgan fingerprint density at radius 1 is 1.64 bits per heavy atom. The Kier molecular flexibility index (Phi) is 3.01. The molecular formula is C9H12N2O3. The van der Waals surface area contributed by atoms with E-state index in [2.05, 4.69) is 5.10 Å². The SMILES string of the molecule is CCOC(=O)c1nn(C)c(C)c1C=O. The smallest absolute Gasteiger partial charge is 0.359 e. The number of carbonyl (C=O) groups excluding carboxylic acids is 2. The Bertz CT molecular complexity index is 368. The average molecular weight is 196 g/mol. The molecule has 0 amide bonds. The number of rotatable bonds is 3. The Morgan fingerprint density at radius 3 is 2.79 bits per heavy atom. The van der Waals surface area contributed by atoms with E-state index in [1.807, 2.05) is 0 Å². The van der Waals surface area contributed by atoms with E-state index in [1.165, 1.54) is 4.68 Å². The molecule has 5 nitrogen and oxygen atoms in total. The van der Waals surface area contributed by atoms with Gasteiger partial charge in [0.2, 0.25) is 0 Å². The van der Waals surface area contributed by atoms with Crippen molar-refractivity contribution in [2.75, 3.05) is 6.61 Å². The van der Waals surface area contributed by atoms with Crippen LogP contribution in [0.1, 0.15) is 33.5 Å². The molecule has 0 aliphatic heterocycles. The lowest BCUT2D eigenvalue weighted by molar-refractivity contribution is 0.0516. The number of hydrogen-bond acceptors (Lipinski definition) is 4. The van der Waals surface area contributed by atoms with Gasteiger partial charge in [-0.2, -0.15) is 5.10 Å². The zero-order valence-corrected chi connectivity index (χ0v) is 8.40. The predicted octanol–water partition coefficient (Wildman–Crippen LogP) is 0.718. The summed E-state index contributed by atoms with van der Waals surface area (Å²) < 4.78 is 6.25. The van der Waals surface area contributed by atoms with Crippen molar-refractivity contribution in [3.8, 4) is 0 Å². The summed E-state index contributed by atoms with van der Waals surface area (Å²) in [5, 5.41) is 3.91. The number of aldehydes is 1. The van der Waals surface area contributed by atoms with Crippen LogP contribution in [0.15, 0.2) is 0 Å². The molecule has 0 atom stereocenters. The molecule has 1 rings (SSSR count). The van der Waals surface area contributed by atoms with Crippen LogP contribution in [-0.4, -0.2) is 28.6 Å². The van der Waals surface area contributed by atoms with Crippen LogP contribution in [0.4, 0.5) is 0 Å². The predicted molar refractivity (Wildman–Crippen MR) is 49.3 cm³/mol. The second-order valence-electron chi connectivity index (χ2n) is 2.81. The number of aromatic nitrogens is 2. The lowest BCUT2D eigenvalue weighted by atomic mass is 10.2. The highest BCUT2D eigenvalue weighted by molar-refractivity contribution is 5.97. The molecule has 0 spiro atoms. The minimum absolute atomic E-state index is 0.0850. The summed E-state index contributed by atoms with van der Waals surface area (Å²) in [4.78, 5) is 22.0. The Morgan fingerprint density at radius 2 is 2.29 bits per heavy atom. The molecule has 0 aliphatic rings. The Labute approximate surface area is 81.7 Å². The third-order valence-electron chi connectivity index (χ3n) is 1.97. The monoisotopic (exact) mass is 196 g/mol. The van der Waals surface area contributed by atoms with Gasteiger partial charge in [-0.15, -0.1) is 0 Å². The number of ether oxygens (including phenoxy) is 1. The van der Waals surface area contributed by atoms with Gasteiger partial charge in [0.25, 0.3) is 0 Å². The largest absolute Gasteiger partial charge is 0.461 e. The molecule has 76 valence electrons. The lowest BCUT2D eigenvalue weighted by Gasteiger charge is -1.97. The minimum atomic E-state index is -0.557. The van der Waals surface area contributed by atoms with Crippen LogP contribution in [0.25, 0.3) is 0 Å². The van der Waals surface area contributed by atoms with E-state index in [9.17, 15) is 9.59 Å². The maximum Gasteiger partial charge on any atom is 0.359 e. The fourth-order valence-electron chi connectivity index (χ4n) is 1.12. The van der Waals surface area contributed by atoms with Crippen LogP contribution in [-0.2, 0) is 11.8 Å². The number of nitrogens with zero attached hydrogens (tertiary/aromatic N) is 2. The lowest BCUT2D eigenvalue weighted by Crippen LogP contribution is -2.08. The highest BCUT2D eigenvalue weighted by Gasteiger charge is 2.19. The Balaban J connectivity index is 3.14. The molecule has 0 saturated heterocycles. The summed E-state index contributed by atoms with van der Waals surface area (Å²) >= 11 is 0. The van der Waals surface area contributed by atoms with Gasteiger partial charge >= 0.3 is 5.97 Å². The van der Waals surface area contributed by atoms with Gasteiger partial charge in [0.15, 0.2) is 12.0 Å². The van der Waals surface area contributed by atoms with E-state index in [4.69, 9.17) is 4.74 Å². The summed E-state index contributed by atoms with van der Waals surface area (Å²) in [6.45, 7) is 3.69. The molecule has 0 bridgehead atoms. The van der Waals surface area contributed by atoms with Crippen LogP contribution in [0.5, 0.6) is 0 Å². The third kappa shape index (κ3) is 1.66. The van der Waals surface area contributed by atoms with Gasteiger partial charge in [-0.25, -0.2) is 4.79 Å². The van der Waals surface area contributed by atoms with Crippen molar-refractivity contribution in [2.24, 2.45) is 7.05 Å². The normalized spacial score (nSPS) is 9.93. The van der Waals surface area contributed by atoms with Gasteiger partial charge in [0.1, 0.15) is 0 Å². The summed E-state index contributed by atoms with van der Waals surface area (Å²) in [5.41, 5.74) is 1.04. The first-order valence-electron chi connectivity index (χ1n) is 4.27. The molecular weight excluding hydrogens is 184 g/mol. The third-order valence-corrected chi connectivity index (χ3v) is 1.97. The van der Waals surface area contributed by atoms with E-state index < -0.39 is 5.97 Å². The molecule has 0 aromatic carbocycles. The number of esters is 1.